The Kier molecular flexibility index (Phi) is 3.09. The second kappa shape index (κ2) is 4.52. The summed E-state index contributed by atoms with van der Waals surface area (Å²) in [4.78, 5) is 0. The minimum Gasteiger partial charge on any atom is -0.0991 e. The van der Waals surface area contributed by atoms with E-state index >= 15 is 0 Å². The Bertz CT molecular complexity index is 461. The van der Waals surface area contributed by atoms with Gasteiger partial charge < -0.3 is 0 Å². The van der Waals surface area contributed by atoms with Crippen LogP contribution in [0.15, 0.2) is 60.2 Å². The standard InChI is InChI=1S/C16H18/c1-4-7-12(2)10-15-11-14-8-5-6-9-16(14)13(15)3/h4-10,13H,1,11H2,2-3H3/b12-7-,15-10+. The first kappa shape index (κ1) is 10.9. The summed E-state index contributed by atoms with van der Waals surface area (Å²) < 4.78 is 0. The van der Waals surface area contributed by atoms with Crippen molar-refractivity contribution in [2.24, 2.45) is 0 Å². The number of rotatable bonds is 2. The monoisotopic (exact) mass is 210 g/mol. The molecule has 0 aliphatic heterocycles. The molecule has 0 heterocycles. The van der Waals surface area contributed by atoms with E-state index in [2.05, 4.69) is 56.8 Å². The lowest BCUT2D eigenvalue weighted by atomic mass is 9.98. The lowest BCUT2D eigenvalue weighted by Crippen LogP contribution is -1.89. The fourth-order valence-electron chi connectivity index (χ4n) is 2.39. The van der Waals surface area contributed by atoms with Crippen LogP contribution < -0.4 is 0 Å². The Morgan fingerprint density at radius 3 is 2.81 bits per heavy atom. The van der Waals surface area contributed by atoms with Crippen LogP contribution in [0.25, 0.3) is 0 Å². The molecular weight excluding hydrogens is 192 g/mol. The maximum absolute atomic E-state index is 3.73. The van der Waals surface area contributed by atoms with Crippen molar-refractivity contribution in [2.75, 3.05) is 0 Å². The zero-order valence-electron chi connectivity index (χ0n) is 10.0. The van der Waals surface area contributed by atoms with E-state index in [0.29, 0.717) is 5.92 Å². The first-order valence-corrected chi connectivity index (χ1v) is 5.80. The second-order valence-electron chi connectivity index (χ2n) is 4.46. The van der Waals surface area contributed by atoms with Crippen molar-refractivity contribution >= 4 is 0 Å². The Morgan fingerprint density at radius 2 is 2.12 bits per heavy atom. The van der Waals surface area contributed by atoms with Crippen LogP contribution in [0.5, 0.6) is 0 Å². The molecule has 1 aliphatic rings. The van der Waals surface area contributed by atoms with E-state index in [1.807, 2.05) is 6.08 Å². The molecule has 1 aromatic carbocycles. The normalized spacial score (nSPS) is 22.2. The molecule has 0 spiro atoms. The van der Waals surface area contributed by atoms with E-state index in [-0.39, 0.29) is 0 Å². The largest absolute Gasteiger partial charge is 0.0991 e. The lowest BCUT2D eigenvalue weighted by molar-refractivity contribution is 0.923. The Morgan fingerprint density at radius 1 is 1.38 bits per heavy atom. The predicted octanol–water partition coefficient (Wildman–Crippen LogP) is 4.40. The van der Waals surface area contributed by atoms with Crippen molar-refractivity contribution in [3.8, 4) is 0 Å². The van der Waals surface area contributed by atoms with Crippen LogP contribution in [0.1, 0.15) is 30.9 Å². The molecule has 1 atom stereocenters. The van der Waals surface area contributed by atoms with Crippen molar-refractivity contribution < 1.29 is 0 Å². The van der Waals surface area contributed by atoms with Gasteiger partial charge in [-0.2, -0.15) is 0 Å². The molecule has 0 bridgehead atoms. The summed E-state index contributed by atoms with van der Waals surface area (Å²) >= 11 is 0. The number of benzene rings is 1. The van der Waals surface area contributed by atoms with Crippen LogP contribution in [0.2, 0.25) is 0 Å². The fourth-order valence-corrected chi connectivity index (χ4v) is 2.39. The van der Waals surface area contributed by atoms with Gasteiger partial charge in [-0.05, 0) is 24.5 Å². The van der Waals surface area contributed by atoms with E-state index in [0.717, 1.165) is 6.42 Å². The smallest absolute Gasteiger partial charge is 0.00292 e. The van der Waals surface area contributed by atoms with Gasteiger partial charge in [-0.1, -0.05) is 67.1 Å². The average molecular weight is 210 g/mol. The molecule has 0 saturated carbocycles. The van der Waals surface area contributed by atoms with Crippen molar-refractivity contribution in [3.63, 3.8) is 0 Å². The molecular formula is C16H18. The highest BCUT2D eigenvalue weighted by atomic mass is 14.3. The maximum atomic E-state index is 3.73. The highest BCUT2D eigenvalue weighted by Gasteiger charge is 2.22. The van der Waals surface area contributed by atoms with E-state index in [1.54, 1.807) is 0 Å². The van der Waals surface area contributed by atoms with Gasteiger partial charge in [-0.3, -0.25) is 0 Å². The summed E-state index contributed by atoms with van der Waals surface area (Å²) in [5.41, 5.74) is 5.76. The number of fused-ring (bicyclic) bond motifs is 1. The molecule has 82 valence electrons. The molecule has 16 heavy (non-hydrogen) atoms. The van der Waals surface area contributed by atoms with Gasteiger partial charge in [0.1, 0.15) is 0 Å². The SMILES string of the molecule is C=C/C=C(C)\C=C1/Cc2ccccc2C1C. The van der Waals surface area contributed by atoms with Crippen LogP contribution in [-0.2, 0) is 6.42 Å². The van der Waals surface area contributed by atoms with Crippen LogP contribution in [-0.4, -0.2) is 0 Å². The van der Waals surface area contributed by atoms with Gasteiger partial charge in [0, 0.05) is 5.92 Å². The second-order valence-corrected chi connectivity index (χ2v) is 4.46. The van der Waals surface area contributed by atoms with Crippen LogP contribution in [0, 0.1) is 0 Å². The number of hydrogen-bond donors (Lipinski definition) is 0. The molecule has 0 saturated heterocycles. The molecule has 2 rings (SSSR count). The summed E-state index contributed by atoms with van der Waals surface area (Å²) in [5.74, 6) is 0.560. The molecule has 0 fully saturated rings. The third-order valence-electron chi connectivity index (χ3n) is 3.27. The third-order valence-corrected chi connectivity index (χ3v) is 3.27. The van der Waals surface area contributed by atoms with E-state index < -0.39 is 0 Å². The average Bonchev–Trinajstić information content (AvgIpc) is 2.57. The Hall–Kier alpha value is -1.56. The minimum atomic E-state index is 0.560. The maximum Gasteiger partial charge on any atom is 0.00292 e. The van der Waals surface area contributed by atoms with Gasteiger partial charge in [0.15, 0.2) is 0 Å². The molecule has 1 unspecified atom stereocenters. The van der Waals surface area contributed by atoms with Gasteiger partial charge in [0.05, 0.1) is 0 Å². The van der Waals surface area contributed by atoms with E-state index in [9.17, 15) is 0 Å². The van der Waals surface area contributed by atoms with Gasteiger partial charge in [0.25, 0.3) is 0 Å². The highest BCUT2D eigenvalue weighted by Crippen LogP contribution is 2.37. The van der Waals surface area contributed by atoms with Crippen molar-refractivity contribution in [3.05, 3.63) is 71.3 Å². The molecule has 0 heteroatoms. The topological polar surface area (TPSA) is 0 Å². The van der Waals surface area contributed by atoms with Gasteiger partial charge >= 0.3 is 0 Å². The van der Waals surface area contributed by atoms with Crippen molar-refractivity contribution in [1.29, 1.82) is 0 Å². The van der Waals surface area contributed by atoms with Crippen molar-refractivity contribution in [1.82, 2.24) is 0 Å². The minimum absolute atomic E-state index is 0.560. The molecule has 0 N–H and O–H groups in total. The van der Waals surface area contributed by atoms with E-state index in [4.69, 9.17) is 0 Å². The zero-order valence-corrected chi connectivity index (χ0v) is 10.0. The van der Waals surface area contributed by atoms with Crippen LogP contribution >= 0.6 is 0 Å². The third kappa shape index (κ3) is 2.01. The fraction of sp³-hybridized carbons (Fsp3) is 0.250. The molecule has 1 aliphatic carbocycles. The van der Waals surface area contributed by atoms with E-state index in [1.165, 1.54) is 22.3 Å². The highest BCUT2D eigenvalue weighted by molar-refractivity contribution is 5.47. The Balaban J connectivity index is 2.31. The Labute approximate surface area is 98.0 Å². The molecule has 0 radical (unpaired) electrons. The quantitative estimate of drug-likeness (QED) is 0.634. The summed E-state index contributed by atoms with van der Waals surface area (Å²) in [7, 11) is 0. The summed E-state index contributed by atoms with van der Waals surface area (Å²) in [5, 5.41) is 0. The summed E-state index contributed by atoms with van der Waals surface area (Å²) in [6.07, 6.45) is 7.30. The van der Waals surface area contributed by atoms with Crippen LogP contribution in [0.3, 0.4) is 0 Å². The van der Waals surface area contributed by atoms with Crippen molar-refractivity contribution in [2.45, 2.75) is 26.2 Å². The van der Waals surface area contributed by atoms with Gasteiger partial charge in [-0.25, -0.2) is 0 Å². The van der Waals surface area contributed by atoms with Gasteiger partial charge in [0.2, 0.25) is 0 Å². The first-order chi connectivity index (χ1) is 7.72. The van der Waals surface area contributed by atoms with Gasteiger partial charge in [-0.15, -0.1) is 0 Å². The molecule has 0 aromatic heterocycles. The zero-order chi connectivity index (χ0) is 11.5. The molecule has 0 nitrogen and oxygen atoms in total. The molecule has 1 aromatic rings. The molecule has 0 amide bonds. The number of hydrogen-bond acceptors (Lipinski definition) is 0. The number of allylic oxidation sites excluding steroid dienone is 5. The summed E-state index contributed by atoms with van der Waals surface area (Å²) in [6, 6.07) is 8.73. The van der Waals surface area contributed by atoms with Crippen LogP contribution in [0.4, 0.5) is 0 Å². The summed E-state index contributed by atoms with van der Waals surface area (Å²) in [6.45, 7) is 8.15. The predicted molar refractivity (Wildman–Crippen MR) is 70.6 cm³/mol. The first-order valence-electron chi connectivity index (χ1n) is 5.80. The lowest BCUT2D eigenvalue weighted by Gasteiger charge is -2.06.